The second kappa shape index (κ2) is 32.1. The van der Waals surface area contributed by atoms with E-state index in [1.54, 1.807) is 0 Å². The predicted octanol–water partition coefficient (Wildman–Crippen LogP) is 7.05. The van der Waals surface area contributed by atoms with Crippen molar-refractivity contribution >= 4 is 12.1 Å². The van der Waals surface area contributed by atoms with Gasteiger partial charge in [0.05, 0.1) is 12.1 Å². The van der Waals surface area contributed by atoms with E-state index >= 15 is 0 Å². The lowest BCUT2D eigenvalue weighted by Crippen LogP contribution is -2.37. The molecule has 0 rings (SSSR count). The van der Waals surface area contributed by atoms with Crippen LogP contribution in [0.1, 0.15) is 162 Å². The smallest absolute Gasteiger partial charge is 0.149 e. The molecule has 0 bridgehead atoms. The summed E-state index contributed by atoms with van der Waals surface area (Å²) in [7, 11) is 2.04. The Bertz CT molecular complexity index is 627. The maximum atomic E-state index is 13.3. The maximum Gasteiger partial charge on any atom is 0.149 e. The minimum atomic E-state index is -0.0482. The number of hydrogen-bond acceptors (Lipinski definition) is 7. The van der Waals surface area contributed by atoms with E-state index in [1.807, 2.05) is 7.05 Å². The summed E-state index contributed by atoms with van der Waals surface area (Å²) in [6.45, 7) is 9.99. The van der Waals surface area contributed by atoms with Crippen molar-refractivity contribution in [3.05, 3.63) is 0 Å². The molecule has 0 saturated carbocycles. The molecular weight excluding hydrogens is 546 g/mol. The molecule has 44 heavy (non-hydrogen) atoms. The molecule has 0 heterocycles. The predicted molar refractivity (Wildman–Crippen MR) is 191 cm³/mol. The number of carbonyl (C=O) groups excluding carboxylic acids is 2. The van der Waals surface area contributed by atoms with Crippen molar-refractivity contribution in [1.82, 2.24) is 16.0 Å². The first kappa shape index (κ1) is 43.1. The zero-order valence-corrected chi connectivity index (χ0v) is 29.8. The number of Topliss-reactive ketones (excluding diaryl/α,β-unsaturated/α-hetero) is 1. The lowest BCUT2D eigenvalue weighted by Gasteiger charge is -2.21. The number of aldehydes is 1. The number of carbonyl (C=O) groups is 2. The first-order valence-corrected chi connectivity index (χ1v) is 19.0. The molecule has 0 radical (unpaired) electrons. The molecule has 0 amide bonds. The van der Waals surface area contributed by atoms with E-state index in [1.165, 1.54) is 77.0 Å². The highest BCUT2D eigenvalue weighted by Crippen LogP contribution is 2.23. The molecule has 0 aromatic carbocycles. The third-order valence-corrected chi connectivity index (χ3v) is 9.55. The molecule has 0 aliphatic rings. The highest BCUT2D eigenvalue weighted by atomic mass is 16.1. The maximum absolute atomic E-state index is 13.3. The normalized spacial score (nSPS) is 14.5. The molecule has 0 aliphatic heterocycles. The number of nitrogens with two attached hydrogens (primary N) is 2. The Labute approximate surface area is 274 Å². The second-order valence-electron chi connectivity index (χ2n) is 13.6. The van der Waals surface area contributed by atoms with Gasteiger partial charge in [-0.2, -0.15) is 0 Å². The third kappa shape index (κ3) is 25.3. The van der Waals surface area contributed by atoms with Crippen LogP contribution in [0.5, 0.6) is 0 Å². The fourth-order valence-electron chi connectivity index (χ4n) is 6.39. The second-order valence-corrected chi connectivity index (χ2v) is 13.6. The summed E-state index contributed by atoms with van der Waals surface area (Å²) in [4.78, 5) is 24.8. The van der Waals surface area contributed by atoms with Gasteiger partial charge in [-0.25, -0.2) is 0 Å². The van der Waals surface area contributed by atoms with Gasteiger partial charge in [0.1, 0.15) is 12.1 Å². The van der Waals surface area contributed by atoms with Crippen LogP contribution in [0.2, 0.25) is 0 Å². The molecule has 0 fully saturated rings. The molecule has 7 heteroatoms. The van der Waals surface area contributed by atoms with Gasteiger partial charge in [-0.15, -0.1) is 0 Å². The van der Waals surface area contributed by atoms with Crippen LogP contribution in [0, 0.1) is 11.8 Å². The van der Waals surface area contributed by atoms with E-state index in [0.717, 1.165) is 83.1 Å². The van der Waals surface area contributed by atoms with Crippen LogP contribution >= 0.6 is 0 Å². The average molecular weight is 624 g/mol. The van der Waals surface area contributed by atoms with Gasteiger partial charge in [-0.1, -0.05) is 84.5 Å². The Morgan fingerprint density at radius 1 is 0.636 bits per heavy atom. The molecule has 2 unspecified atom stereocenters. The molecular formula is C37H77N5O2. The summed E-state index contributed by atoms with van der Waals surface area (Å²) in [6.07, 6.45) is 25.8. The van der Waals surface area contributed by atoms with Crippen molar-refractivity contribution in [2.45, 2.75) is 180 Å². The van der Waals surface area contributed by atoms with Crippen LogP contribution in [0.15, 0.2) is 0 Å². The van der Waals surface area contributed by atoms with Crippen molar-refractivity contribution in [3.63, 3.8) is 0 Å². The van der Waals surface area contributed by atoms with Gasteiger partial charge < -0.3 is 32.2 Å². The van der Waals surface area contributed by atoms with Crippen LogP contribution in [0.4, 0.5) is 0 Å². The van der Waals surface area contributed by atoms with Crippen molar-refractivity contribution in [2.75, 3.05) is 33.2 Å². The SMILES string of the molecule is CCCCC(CCCC)CCCC(=O)[C@H](CCCCN)NCCCC(CCCN[C@H](C=O)CCCCN)CCCC(C)NC. The Kier molecular flexibility index (Phi) is 31.5. The van der Waals surface area contributed by atoms with Crippen LogP contribution in [0.25, 0.3) is 0 Å². The highest BCUT2D eigenvalue weighted by molar-refractivity contribution is 5.83. The van der Waals surface area contributed by atoms with Crippen molar-refractivity contribution in [3.8, 4) is 0 Å². The Balaban J connectivity index is 4.80. The first-order chi connectivity index (χ1) is 21.4. The largest absolute Gasteiger partial charge is 0.330 e. The number of nitrogens with one attached hydrogen (secondary N) is 3. The highest BCUT2D eigenvalue weighted by Gasteiger charge is 2.19. The van der Waals surface area contributed by atoms with E-state index in [2.05, 4.69) is 36.7 Å². The van der Waals surface area contributed by atoms with Gasteiger partial charge in [0.2, 0.25) is 0 Å². The summed E-state index contributed by atoms with van der Waals surface area (Å²) in [5.41, 5.74) is 11.4. The summed E-state index contributed by atoms with van der Waals surface area (Å²) in [5.74, 6) is 1.88. The van der Waals surface area contributed by atoms with E-state index in [9.17, 15) is 9.59 Å². The van der Waals surface area contributed by atoms with Crippen molar-refractivity contribution in [1.29, 1.82) is 0 Å². The van der Waals surface area contributed by atoms with Gasteiger partial charge in [-0.3, -0.25) is 4.79 Å². The molecule has 0 aromatic heterocycles. The first-order valence-electron chi connectivity index (χ1n) is 19.0. The lowest BCUT2D eigenvalue weighted by atomic mass is 9.89. The van der Waals surface area contributed by atoms with Gasteiger partial charge in [0, 0.05) is 12.5 Å². The Morgan fingerprint density at radius 3 is 1.70 bits per heavy atom. The minimum Gasteiger partial charge on any atom is -0.330 e. The zero-order valence-electron chi connectivity index (χ0n) is 29.8. The van der Waals surface area contributed by atoms with E-state index < -0.39 is 0 Å². The fourth-order valence-corrected chi connectivity index (χ4v) is 6.39. The van der Waals surface area contributed by atoms with E-state index in [0.29, 0.717) is 37.3 Å². The number of rotatable bonds is 35. The number of unbranched alkanes of at least 4 members (excludes halogenated alkanes) is 4. The molecule has 0 aliphatic carbocycles. The molecule has 0 spiro atoms. The molecule has 0 saturated heterocycles. The molecule has 262 valence electrons. The van der Waals surface area contributed by atoms with E-state index in [-0.39, 0.29) is 12.1 Å². The van der Waals surface area contributed by atoms with Crippen LogP contribution in [0.3, 0.4) is 0 Å². The number of ketones is 1. The average Bonchev–Trinajstić information content (AvgIpc) is 3.03. The summed E-state index contributed by atoms with van der Waals surface area (Å²) >= 11 is 0. The van der Waals surface area contributed by atoms with Crippen molar-refractivity contribution in [2.24, 2.45) is 23.3 Å². The summed E-state index contributed by atoms with van der Waals surface area (Å²) in [5, 5.41) is 10.5. The molecule has 0 aromatic rings. The Hall–Kier alpha value is -0.860. The Morgan fingerprint density at radius 2 is 1.16 bits per heavy atom. The van der Waals surface area contributed by atoms with Crippen LogP contribution in [-0.4, -0.2) is 63.4 Å². The quantitative estimate of drug-likeness (QED) is 0.0379. The van der Waals surface area contributed by atoms with Crippen LogP contribution in [-0.2, 0) is 9.59 Å². The fraction of sp³-hybridized carbons (Fsp3) is 0.946. The van der Waals surface area contributed by atoms with Gasteiger partial charge in [-0.05, 0) is 116 Å². The molecule has 7 N–H and O–H groups in total. The number of hydrogen-bond donors (Lipinski definition) is 5. The summed E-state index contributed by atoms with van der Waals surface area (Å²) < 4.78 is 0. The minimum absolute atomic E-state index is 0.0232. The lowest BCUT2D eigenvalue weighted by molar-refractivity contribution is -0.121. The third-order valence-electron chi connectivity index (χ3n) is 9.55. The van der Waals surface area contributed by atoms with Crippen molar-refractivity contribution < 1.29 is 9.59 Å². The van der Waals surface area contributed by atoms with Crippen LogP contribution < -0.4 is 27.4 Å². The molecule has 4 atom stereocenters. The van der Waals surface area contributed by atoms with Gasteiger partial charge >= 0.3 is 0 Å². The zero-order chi connectivity index (χ0) is 32.7. The van der Waals surface area contributed by atoms with Gasteiger partial charge in [0.15, 0.2) is 0 Å². The standard InChI is InChI=1S/C37H77N5O2/c1-5-7-18-33(19-8-6-2)21-14-26-37(44)36(25-10-12-28-39)42-30-16-23-34(20-13-17-32(3)40-4)22-15-29-41-35(31-43)24-9-11-27-38/h31-36,40-42H,5-30,38-39H2,1-4H3/t32?,34?,35-,36-/m0/s1. The molecule has 7 nitrogen and oxygen atoms in total. The van der Waals surface area contributed by atoms with E-state index in [4.69, 9.17) is 11.5 Å². The van der Waals surface area contributed by atoms with Gasteiger partial charge in [0.25, 0.3) is 0 Å². The topological polar surface area (TPSA) is 122 Å². The monoisotopic (exact) mass is 624 g/mol. The summed E-state index contributed by atoms with van der Waals surface area (Å²) in [6, 6.07) is 0.479.